The molecule has 1 saturated heterocycles. The Balaban J connectivity index is 1.46. The summed E-state index contributed by atoms with van der Waals surface area (Å²) in [5.41, 5.74) is 2.05. The maximum absolute atomic E-state index is 10.5. The zero-order valence-corrected chi connectivity index (χ0v) is 14.2. The van der Waals surface area contributed by atoms with Crippen LogP contribution < -0.4 is 5.32 Å². The van der Waals surface area contributed by atoms with Gasteiger partial charge in [-0.05, 0) is 24.5 Å². The lowest BCUT2D eigenvalue weighted by Crippen LogP contribution is -2.38. The Labute approximate surface area is 145 Å². The van der Waals surface area contributed by atoms with Gasteiger partial charge in [-0.15, -0.1) is 11.3 Å². The number of thiazole rings is 1. The summed E-state index contributed by atoms with van der Waals surface area (Å²) in [6, 6.07) is 11.0. The summed E-state index contributed by atoms with van der Waals surface area (Å²) < 4.78 is 0. The number of likely N-dealkylation sites (tertiary alicyclic amines) is 1. The molecule has 1 aliphatic heterocycles. The first-order chi connectivity index (χ1) is 11.7. The lowest BCUT2D eigenvalue weighted by atomic mass is 10.0. The molecule has 5 nitrogen and oxygen atoms in total. The van der Waals surface area contributed by atoms with Crippen LogP contribution in [0.25, 0.3) is 6.08 Å². The number of rotatable bonds is 6. The van der Waals surface area contributed by atoms with E-state index in [0.29, 0.717) is 11.7 Å². The van der Waals surface area contributed by atoms with Crippen LogP contribution in [0.1, 0.15) is 24.1 Å². The molecule has 0 unspecified atom stereocenters. The van der Waals surface area contributed by atoms with E-state index < -0.39 is 5.97 Å². The molecule has 1 aromatic carbocycles. The largest absolute Gasteiger partial charge is 0.478 e. The molecule has 2 aromatic rings. The zero-order valence-electron chi connectivity index (χ0n) is 13.4. The van der Waals surface area contributed by atoms with Crippen molar-refractivity contribution in [3.8, 4) is 0 Å². The van der Waals surface area contributed by atoms with Gasteiger partial charge in [0.25, 0.3) is 0 Å². The second-order valence-electron chi connectivity index (χ2n) is 5.93. The number of aromatic nitrogens is 1. The predicted octanol–water partition coefficient (Wildman–Crippen LogP) is 3.32. The van der Waals surface area contributed by atoms with Crippen molar-refractivity contribution in [1.82, 2.24) is 9.88 Å². The van der Waals surface area contributed by atoms with Gasteiger partial charge < -0.3 is 10.4 Å². The topological polar surface area (TPSA) is 65.5 Å². The van der Waals surface area contributed by atoms with E-state index in [1.165, 1.54) is 23.0 Å². The minimum atomic E-state index is -0.955. The molecule has 2 heterocycles. The Morgan fingerprint density at radius 3 is 2.79 bits per heavy atom. The number of nitrogens with one attached hydrogen (secondary N) is 1. The summed E-state index contributed by atoms with van der Waals surface area (Å²) in [4.78, 5) is 17.4. The summed E-state index contributed by atoms with van der Waals surface area (Å²) in [5, 5.41) is 14.8. The second-order valence-corrected chi connectivity index (χ2v) is 6.79. The fourth-order valence-electron chi connectivity index (χ4n) is 2.84. The quantitative estimate of drug-likeness (QED) is 0.788. The highest BCUT2D eigenvalue weighted by atomic mass is 32.1. The molecule has 6 heteroatoms. The first kappa shape index (κ1) is 16.7. The van der Waals surface area contributed by atoms with Crippen LogP contribution >= 0.6 is 11.3 Å². The molecule has 3 rings (SSSR count). The molecule has 24 heavy (non-hydrogen) atoms. The van der Waals surface area contributed by atoms with Crippen LogP contribution in [0.4, 0.5) is 5.13 Å². The van der Waals surface area contributed by atoms with Gasteiger partial charge in [-0.2, -0.15) is 0 Å². The van der Waals surface area contributed by atoms with E-state index in [2.05, 4.69) is 39.5 Å². The Hall–Kier alpha value is -2.18. The second kappa shape index (κ2) is 8.08. The standard InChI is InChI=1S/C18H21N3O2S/c22-17(23)7-6-16-13-24-18(20-16)19-15-8-10-21(11-9-15)12-14-4-2-1-3-5-14/h1-7,13,15H,8-12H2,(H,19,20)(H,22,23). The van der Waals surface area contributed by atoms with Gasteiger partial charge in [0.15, 0.2) is 5.13 Å². The van der Waals surface area contributed by atoms with Gasteiger partial charge >= 0.3 is 5.97 Å². The molecule has 0 radical (unpaired) electrons. The highest BCUT2D eigenvalue weighted by molar-refractivity contribution is 7.13. The molecule has 0 spiro atoms. The van der Waals surface area contributed by atoms with Crippen LogP contribution in [-0.4, -0.2) is 40.1 Å². The monoisotopic (exact) mass is 343 g/mol. The number of hydrogen-bond acceptors (Lipinski definition) is 5. The van der Waals surface area contributed by atoms with Crippen LogP contribution in [0, 0.1) is 0 Å². The summed E-state index contributed by atoms with van der Waals surface area (Å²) >= 11 is 1.52. The Morgan fingerprint density at radius 2 is 2.08 bits per heavy atom. The number of anilines is 1. The van der Waals surface area contributed by atoms with E-state index >= 15 is 0 Å². The van der Waals surface area contributed by atoms with Crippen molar-refractivity contribution in [3.63, 3.8) is 0 Å². The van der Waals surface area contributed by atoms with Gasteiger partial charge in [0, 0.05) is 37.1 Å². The molecule has 126 valence electrons. The summed E-state index contributed by atoms with van der Waals surface area (Å²) in [6.07, 6.45) is 4.81. The smallest absolute Gasteiger partial charge is 0.328 e. The van der Waals surface area contributed by atoms with Crippen molar-refractivity contribution >= 4 is 28.5 Å². The molecule has 1 fully saturated rings. The van der Waals surface area contributed by atoms with Crippen molar-refractivity contribution < 1.29 is 9.90 Å². The maximum Gasteiger partial charge on any atom is 0.328 e. The number of benzene rings is 1. The first-order valence-corrected chi connectivity index (χ1v) is 8.96. The van der Waals surface area contributed by atoms with Crippen molar-refractivity contribution in [2.45, 2.75) is 25.4 Å². The number of nitrogens with zero attached hydrogens (tertiary/aromatic N) is 2. The average molecular weight is 343 g/mol. The maximum atomic E-state index is 10.5. The molecular weight excluding hydrogens is 322 g/mol. The molecule has 0 amide bonds. The first-order valence-electron chi connectivity index (χ1n) is 8.08. The number of carboxylic acids is 1. The van der Waals surface area contributed by atoms with Crippen LogP contribution in [-0.2, 0) is 11.3 Å². The SMILES string of the molecule is O=C(O)C=Cc1csc(NC2CCN(Cc3ccccc3)CC2)n1. The molecule has 2 N–H and O–H groups in total. The molecular formula is C18H21N3O2S. The Bertz CT molecular complexity index is 691. The van der Waals surface area contributed by atoms with Crippen LogP contribution in [0.3, 0.4) is 0 Å². The van der Waals surface area contributed by atoms with Gasteiger partial charge in [-0.1, -0.05) is 30.3 Å². The van der Waals surface area contributed by atoms with Crippen LogP contribution in [0.15, 0.2) is 41.8 Å². The molecule has 1 aromatic heterocycles. The van der Waals surface area contributed by atoms with E-state index in [9.17, 15) is 4.79 Å². The molecule has 0 saturated carbocycles. The number of hydrogen-bond donors (Lipinski definition) is 2. The number of carboxylic acid groups (broad SMARTS) is 1. The van der Waals surface area contributed by atoms with E-state index in [1.54, 1.807) is 0 Å². The van der Waals surface area contributed by atoms with Crippen LogP contribution in [0.2, 0.25) is 0 Å². The van der Waals surface area contributed by atoms with Crippen LogP contribution in [0.5, 0.6) is 0 Å². The van der Waals surface area contributed by atoms with E-state index in [1.807, 2.05) is 11.4 Å². The number of carbonyl (C=O) groups is 1. The van der Waals surface area contributed by atoms with Gasteiger partial charge in [-0.3, -0.25) is 4.90 Å². The third kappa shape index (κ3) is 4.91. The third-order valence-corrected chi connectivity index (χ3v) is 4.87. The normalized spacial score (nSPS) is 16.5. The van der Waals surface area contributed by atoms with E-state index in [-0.39, 0.29) is 0 Å². The van der Waals surface area contributed by atoms with Crippen molar-refractivity contribution in [1.29, 1.82) is 0 Å². The summed E-state index contributed by atoms with van der Waals surface area (Å²) in [5.74, 6) is -0.955. The molecule has 1 aliphatic rings. The fourth-order valence-corrected chi connectivity index (χ4v) is 3.59. The van der Waals surface area contributed by atoms with Crippen molar-refractivity contribution in [3.05, 3.63) is 53.0 Å². The lowest BCUT2D eigenvalue weighted by Gasteiger charge is -2.32. The van der Waals surface area contributed by atoms with Crippen molar-refractivity contribution in [2.75, 3.05) is 18.4 Å². The summed E-state index contributed by atoms with van der Waals surface area (Å²) in [6.45, 7) is 3.16. The fraction of sp³-hybridized carbons (Fsp3) is 0.333. The zero-order chi connectivity index (χ0) is 16.8. The van der Waals surface area contributed by atoms with E-state index in [0.717, 1.165) is 43.7 Å². The number of piperidine rings is 1. The van der Waals surface area contributed by atoms with Gasteiger partial charge in [-0.25, -0.2) is 9.78 Å². The molecule has 0 aliphatic carbocycles. The summed E-state index contributed by atoms with van der Waals surface area (Å²) in [7, 11) is 0. The van der Waals surface area contributed by atoms with E-state index in [4.69, 9.17) is 5.11 Å². The molecule has 0 atom stereocenters. The Kier molecular flexibility index (Phi) is 5.61. The highest BCUT2D eigenvalue weighted by Gasteiger charge is 2.19. The highest BCUT2D eigenvalue weighted by Crippen LogP contribution is 2.21. The predicted molar refractivity (Wildman–Crippen MR) is 97.1 cm³/mol. The third-order valence-electron chi connectivity index (χ3n) is 4.08. The lowest BCUT2D eigenvalue weighted by molar-refractivity contribution is -0.131. The van der Waals surface area contributed by atoms with Gasteiger partial charge in [0.1, 0.15) is 0 Å². The minimum absolute atomic E-state index is 0.430. The average Bonchev–Trinajstić information content (AvgIpc) is 3.03. The number of aliphatic carboxylic acids is 1. The minimum Gasteiger partial charge on any atom is -0.478 e. The molecule has 0 bridgehead atoms. The van der Waals surface area contributed by atoms with Crippen molar-refractivity contribution in [2.24, 2.45) is 0 Å². The van der Waals surface area contributed by atoms with Gasteiger partial charge in [0.05, 0.1) is 5.69 Å². The van der Waals surface area contributed by atoms with Gasteiger partial charge in [0.2, 0.25) is 0 Å². The Morgan fingerprint density at radius 1 is 1.33 bits per heavy atom.